The molecule has 0 radical (unpaired) electrons. The molecule has 2 atom stereocenters. The summed E-state index contributed by atoms with van der Waals surface area (Å²) in [7, 11) is 1.97. The molecule has 1 aromatic carbocycles. The Kier molecular flexibility index (Phi) is 4.65. The molecule has 2 rings (SSSR count). The van der Waals surface area contributed by atoms with E-state index in [-0.39, 0.29) is 6.10 Å². The number of benzene rings is 1. The molecule has 3 nitrogen and oxygen atoms in total. The molecule has 1 aromatic rings. The monoisotopic (exact) mass is 312 g/mol. The van der Waals surface area contributed by atoms with Gasteiger partial charge in [-0.1, -0.05) is 22.0 Å². The summed E-state index contributed by atoms with van der Waals surface area (Å²) in [5.41, 5.74) is 2.51. The van der Waals surface area contributed by atoms with Crippen molar-refractivity contribution >= 4 is 21.6 Å². The van der Waals surface area contributed by atoms with E-state index in [4.69, 9.17) is 0 Å². The average molecular weight is 313 g/mol. The molecule has 2 unspecified atom stereocenters. The Bertz CT molecular complexity index is 411. The Labute approximate surface area is 117 Å². The highest BCUT2D eigenvalue weighted by Gasteiger charge is 2.21. The predicted octanol–water partition coefficient (Wildman–Crippen LogP) is 2.69. The van der Waals surface area contributed by atoms with E-state index in [0.717, 1.165) is 30.4 Å². The van der Waals surface area contributed by atoms with Crippen LogP contribution >= 0.6 is 15.9 Å². The number of β-amino-alcohol motifs (C(OH)–C–C–N with tert-alkyl or cyclic N) is 1. The lowest BCUT2D eigenvalue weighted by molar-refractivity contribution is 0.154. The van der Waals surface area contributed by atoms with Gasteiger partial charge in [0.25, 0.3) is 0 Å². The number of nitrogens with one attached hydrogen (secondary N) is 1. The summed E-state index contributed by atoms with van der Waals surface area (Å²) >= 11 is 3.54. The smallest absolute Gasteiger partial charge is 0.0715 e. The Balaban J connectivity index is 2.31. The van der Waals surface area contributed by atoms with Crippen molar-refractivity contribution in [3.63, 3.8) is 0 Å². The molecule has 1 aliphatic heterocycles. The van der Waals surface area contributed by atoms with Gasteiger partial charge < -0.3 is 15.3 Å². The van der Waals surface area contributed by atoms with Gasteiger partial charge in [-0.05, 0) is 44.5 Å². The van der Waals surface area contributed by atoms with Crippen molar-refractivity contribution in [3.8, 4) is 0 Å². The Morgan fingerprint density at radius 2 is 2.28 bits per heavy atom. The van der Waals surface area contributed by atoms with Crippen molar-refractivity contribution < 1.29 is 5.11 Å². The fourth-order valence-corrected chi connectivity index (χ4v) is 2.83. The van der Waals surface area contributed by atoms with Crippen LogP contribution < -0.4 is 10.2 Å². The van der Waals surface area contributed by atoms with Crippen molar-refractivity contribution in [1.82, 2.24) is 5.32 Å². The van der Waals surface area contributed by atoms with Crippen LogP contribution in [0.5, 0.6) is 0 Å². The van der Waals surface area contributed by atoms with E-state index in [0.29, 0.717) is 6.04 Å². The maximum atomic E-state index is 9.83. The number of anilines is 1. The van der Waals surface area contributed by atoms with Crippen LogP contribution in [0.15, 0.2) is 22.7 Å². The highest BCUT2D eigenvalue weighted by atomic mass is 79.9. The van der Waals surface area contributed by atoms with Crippen LogP contribution in [0.1, 0.15) is 31.4 Å². The van der Waals surface area contributed by atoms with E-state index in [2.05, 4.69) is 51.3 Å². The van der Waals surface area contributed by atoms with Crippen molar-refractivity contribution in [2.24, 2.45) is 0 Å². The maximum Gasteiger partial charge on any atom is 0.0715 e. The van der Waals surface area contributed by atoms with Crippen LogP contribution in [0.4, 0.5) is 5.69 Å². The predicted molar refractivity (Wildman–Crippen MR) is 79.1 cm³/mol. The third-order valence-electron chi connectivity index (χ3n) is 3.63. The molecule has 1 saturated heterocycles. The summed E-state index contributed by atoms with van der Waals surface area (Å²) < 4.78 is 1.09. The number of aliphatic hydroxyl groups is 1. The molecule has 0 aromatic heterocycles. The second-order valence-corrected chi connectivity index (χ2v) is 5.87. The molecule has 0 amide bonds. The SMILES string of the molecule is CNC(C)c1ccc(Br)cc1N1CCCC(O)C1. The van der Waals surface area contributed by atoms with Crippen LogP contribution in [0.2, 0.25) is 0 Å². The van der Waals surface area contributed by atoms with E-state index in [9.17, 15) is 5.11 Å². The third kappa shape index (κ3) is 3.05. The number of halogens is 1. The Morgan fingerprint density at radius 1 is 1.50 bits per heavy atom. The lowest BCUT2D eigenvalue weighted by atomic mass is 10.0. The molecule has 1 fully saturated rings. The van der Waals surface area contributed by atoms with Crippen LogP contribution in [0, 0.1) is 0 Å². The minimum Gasteiger partial charge on any atom is -0.391 e. The molecule has 4 heteroatoms. The van der Waals surface area contributed by atoms with Gasteiger partial charge in [-0.2, -0.15) is 0 Å². The highest BCUT2D eigenvalue weighted by molar-refractivity contribution is 9.10. The lowest BCUT2D eigenvalue weighted by Crippen LogP contribution is -2.39. The molecule has 0 saturated carbocycles. The molecule has 0 spiro atoms. The van der Waals surface area contributed by atoms with Crippen LogP contribution in [-0.4, -0.2) is 31.3 Å². The number of hydrogen-bond acceptors (Lipinski definition) is 3. The van der Waals surface area contributed by atoms with E-state index in [1.807, 2.05) is 7.05 Å². The van der Waals surface area contributed by atoms with Gasteiger partial charge in [0.1, 0.15) is 0 Å². The van der Waals surface area contributed by atoms with Crippen molar-refractivity contribution in [2.75, 3.05) is 25.0 Å². The molecule has 0 bridgehead atoms. The van der Waals surface area contributed by atoms with Crippen molar-refractivity contribution in [2.45, 2.75) is 31.9 Å². The Morgan fingerprint density at radius 3 is 2.94 bits per heavy atom. The summed E-state index contributed by atoms with van der Waals surface area (Å²) in [6.45, 7) is 3.92. The minimum atomic E-state index is -0.199. The average Bonchev–Trinajstić information content (AvgIpc) is 2.38. The molecular formula is C14H21BrN2O. The summed E-state index contributed by atoms with van der Waals surface area (Å²) in [6.07, 6.45) is 1.78. The Hall–Kier alpha value is -0.580. The van der Waals surface area contributed by atoms with Gasteiger partial charge >= 0.3 is 0 Å². The van der Waals surface area contributed by atoms with E-state index in [1.54, 1.807) is 0 Å². The van der Waals surface area contributed by atoms with Gasteiger partial charge in [0, 0.05) is 29.3 Å². The number of hydrogen-bond donors (Lipinski definition) is 2. The van der Waals surface area contributed by atoms with Gasteiger partial charge in [-0.25, -0.2) is 0 Å². The summed E-state index contributed by atoms with van der Waals surface area (Å²) in [6, 6.07) is 6.70. The van der Waals surface area contributed by atoms with Gasteiger partial charge in [0.05, 0.1) is 6.10 Å². The van der Waals surface area contributed by atoms with Crippen molar-refractivity contribution in [1.29, 1.82) is 0 Å². The first-order valence-electron chi connectivity index (χ1n) is 6.51. The first-order valence-corrected chi connectivity index (χ1v) is 7.31. The maximum absolute atomic E-state index is 9.83. The standard InChI is InChI=1S/C14H21BrN2O/c1-10(16-2)13-6-5-11(15)8-14(13)17-7-3-4-12(18)9-17/h5-6,8,10,12,16,18H,3-4,7,9H2,1-2H3. The summed E-state index contributed by atoms with van der Waals surface area (Å²) in [5, 5.41) is 13.1. The van der Waals surface area contributed by atoms with Crippen molar-refractivity contribution in [3.05, 3.63) is 28.2 Å². The minimum absolute atomic E-state index is 0.199. The zero-order valence-electron chi connectivity index (χ0n) is 11.0. The molecule has 1 heterocycles. The van der Waals surface area contributed by atoms with Crippen LogP contribution in [0.3, 0.4) is 0 Å². The number of piperidine rings is 1. The number of nitrogens with zero attached hydrogens (tertiary/aromatic N) is 1. The zero-order chi connectivity index (χ0) is 13.1. The highest BCUT2D eigenvalue weighted by Crippen LogP contribution is 2.31. The van der Waals surface area contributed by atoms with Gasteiger partial charge in [-0.15, -0.1) is 0 Å². The summed E-state index contributed by atoms with van der Waals surface area (Å²) in [5.74, 6) is 0. The second-order valence-electron chi connectivity index (χ2n) is 4.96. The van der Waals surface area contributed by atoms with Gasteiger partial charge in [0.2, 0.25) is 0 Å². The van der Waals surface area contributed by atoms with E-state index in [1.165, 1.54) is 11.3 Å². The number of aliphatic hydroxyl groups excluding tert-OH is 1. The van der Waals surface area contributed by atoms with Gasteiger partial charge in [0.15, 0.2) is 0 Å². The molecule has 18 heavy (non-hydrogen) atoms. The normalized spacial score (nSPS) is 22.0. The molecule has 0 aliphatic carbocycles. The van der Waals surface area contributed by atoms with Crippen LogP contribution in [0.25, 0.3) is 0 Å². The quantitative estimate of drug-likeness (QED) is 0.901. The van der Waals surface area contributed by atoms with Crippen LogP contribution in [-0.2, 0) is 0 Å². The largest absolute Gasteiger partial charge is 0.391 e. The van der Waals surface area contributed by atoms with E-state index < -0.39 is 0 Å². The third-order valence-corrected chi connectivity index (χ3v) is 4.12. The first kappa shape index (κ1) is 13.8. The molecule has 2 N–H and O–H groups in total. The fourth-order valence-electron chi connectivity index (χ4n) is 2.49. The lowest BCUT2D eigenvalue weighted by Gasteiger charge is -2.34. The molecular weight excluding hydrogens is 292 g/mol. The first-order chi connectivity index (χ1) is 8.61. The topological polar surface area (TPSA) is 35.5 Å². The van der Waals surface area contributed by atoms with Gasteiger partial charge in [-0.3, -0.25) is 0 Å². The number of rotatable bonds is 3. The van der Waals surface area contributed by atoms with E-state index >= 15 is 0 Å². The fraction of sp³-hybridized carbons (Fsp3) is 0.571. The summed E-state index contributed by atoms with van der Waals surface area (Å²) in [4.78, 5) is 2.29. The zero-order valence-corrected chi connectivity index (χ0v) is 12.6. The second kappa shape index (κ2) is 6.04. The molecule has 1 aliphatic rings. The molecule has 100 valence electrons.